The predicted octanol–water partition coefficient (Wildman–Crippen LogP) is 2.59. The van der Waals surface area contributed by atoms with Gasteiger partial charge in [-0.05, 0) is 6.42 Å². The third kappa shape index (κ3) is 2.79. The largest absolute Gasteiger partial charge is 0.477 e. The fraction of sp³-hybridized carbons (Fsp3) is 0.182. The predicted molar refractivity (Wildman–Crippen MR) is 62.8 cm³/mol. The fourth-order valence-corrected chi connectivity index (χ4v) is 1.88. The number of hydrogen-bond donors (Lipinski definition) is 1. The Morgan fingerprint density at radius 1 is 1.47 bits per heavy atom. The molecule has 0 amide bonds. The summed E-state index contributed by atoms with van der Waals surface area (Å²) in [4.78, 5) is 18.9. The highest BCUT2D eigenvalue weighted by molar-refractivity contribution is 7.12. The second kappa shape index (κ2) is 4.92. The number of hydrogen-bond acceptors (Lipinski definition) is 5. The molecule has 0 aliphatic heterocycles. The molecule has 0 aliphatic rings. The normalized spacial score (nSPS) is 10.2. The van der Waals surface area contributed by atoms with Gasteiger partial charge in [0.05, 0.1) is 0 Å². The summed E-state index contributed by atoms with van der Waals surface area (Å²) >= 11 is 1.12. The Morgan fingerprint density at radius 3 is 2.94 bits per heavy atom. The van der Waals surface area contributed by atoms with Crippen LogP contribution < -0.4 is 4.74 Å². The molecule has 0 saturated carbocycles. The maximum atomic E-state index is 10.7. The summed E-state index contributed by atoms with van der Waals surface area (Å²) in [7, 11) is 0. The van der Waals surface area contributed by atoms with Crippen LogP contribution in [0.2, 0.25) is 0 Å². The highest BCUT2D eigenvalue weighted by Crippen LogP contribution is 2.25. The summed E-state index contributed by atoms with van der Waals surface area (Å²) < 4.78 is 5.45. The van der Waals surface area contributed by atoms with Crippen molar-refractivity contribution < 1.29 is 14.6 Å². The van der Waals surface area contributed by atoms with Gasteiger partial charge in [-0.3, -0.25) is 0 Å². The van der Waals surface area contributed by atoms with Crippen molar-refractivity contribution in [3.63, 3.8) is 0 Å². The van der Waals surface area contributed by atoms with E-state index in [0.29, 0.717) is 11.6 Å². The first-order valence-corrected chi connectivity index (χ1v) is 5.87. The molecule has 17 heavy (non-hydrogen) atoms. The van der Waals surface area contributed by atoms with Gasteiger partial charge < -0.3 is 9.84 Å². The van der Waals surface area contributed by atoms with Gasteiger partial charge in [0, 0.05) is 23.2 Å². The van der Waals surface area contributed by atoms with Crippen LogP contribution in [-0.2, 0) is 6.42 Å². The smallest absolute Gasteiger partial charge is 0.346 e. The van der Waals surface area contributed by atoms with E-state index in [1.807, 2.05) is 6.92 Å². The molecule has 0 unspecified atom stereocenters. The highest BCUT2D eigenvalue weighted by Gasteiger charge is 2.08. The number of aromatic nitrogens is 2. The molecule has 0 radical (unpaired) electrons. The average Bonchev–Trinajstić information content (AvgIpc) is 2.78. The second-order valence-corrected chi connectivity index (χ2v) is 4.17. The van der Waals surface area contributed by atoms with E-state index in [0.717, 1.165) is 23.5 Å². The monoisotopic (exact) mass is 250 g/mol. The third-order valence-corrected chi connectivity index (χ3v) is 2.97. The van der Waals surface area contributed by atoms with E-state index < -0.39 is 5.97 Å². The summed E-state index contributed by atoms with van der Waals surface area (Å²) in [6.45, 7) is 1.99. The second-order valence-electron chi connectivity index (χ2n) is 3.26. The highest BCUT2D eigenvalue weighted by atomic mass is 32.1. The molecule has 2 aromatic heterocycles. The number of aryl methyl sites for hydroxylation is 1. The van der Waals surface area contributed by atoms with Crippen LogP contribution in [0.15, 0.2) is 23.8 Å². The quantitative estimate of drug-likeness (QED) is 0.902. The van der Waals surface area contributed by atoms with E-state index in [1.165, 1.54) is 12.4 Å². The molecule has 2 heterocycles. The molecule has 0 bridgehead atoms. The number of carbonyl (C=O) groups is 1. The van der Waals surface area contributed by atoms with Gasteiger partial charge in [-0.25, -0.2) is 14.8 Å². The number of aromatic carboxylic acids is 1. The number of ether oxygens (including phenoxy) is 1. The Morgan fingerprint density at radius 2 is 2.29 bits per heavy atom. The minimum absolute atomic E-state index is 0.241. The zero-order valence-corrected chi connectivity index (χ0v) is 9.90. The Kier molecular flexibility index (Phi) is 3.34. The Hall–Kier alpha value is -1.95. The van der Waals surface area contributed by atoms with Crippen molar-refractivity contribution in [3.8, 4) is 11.6 Å². The number of nitrogens with zero attached hydrogens (tertiary/aromatic N) is 2. The molecule has 0 aliphatic carbocycles. The Balaban J connectivity index is 2.16. The van der Waals surface area contributed by atoms with Crippen molar-refractivity contribution in [2.45, 2.75) is 13.3 Å². The summed E-state index contributed by atoms with van der Waals surface area (Å²) in [6.07, 6.45) is 2.22. The lowest BCUT2D eigenvalue weighted by Gasteiger charge is -2.02. The van der Waals surface area contributed by atoms with Gasteiger partial charge in [-0.1, -0.05) is 6.92 Å². The number of carboxylic acid groups (broad SMARTS) is 1. The van der Waals surface area contributed by atoms with Gasteiger partial charge in [0.2, 0.25) is 5.88 Å². The van der Waals surface area contributed by atoms with Crippen LogP contribution in [0.5, 0.6) is 11.6 Å². The van der Waals surface area contributed by atoms with Crippen molar-refractivity contribution in [3.05, 3.63) is 34.4 Å². The standard InChI is InChI=1S/C11H10N2O3S/c1-2-7-3-10(13-6-12-7)16-8-4-9(11(14)15)17-5-8/h3-6H,2H2,1H3,(H,14,15). The Labute approximate surface area is 102 Å². The molecule has 88 valence electrons. The number of rotatable bonds is 4. The molecule has 2 rings (SSSR count). The Bertz CT molecular complexity index is 539. The van der Waals surface area contributed by atoms with E-state index in [2.05, 4.69) is 9.97 Å². The lowest BCUT2D eigenvalue weighted by molar-refractivity contribution is 0.0702. The molecular weight excluding hydrogens is 240 g/mol. The lowest BCUT2D eigenvalue weighted by Crippen LogP contribution is -1.93. The van der Waals surface area contributed by atoms with Crippen molar-refractivity contribution in [2.24, 2.45) is 0 Å². The van der Waals surface area contributed by atoms with Gasteiger partial charge in [-0.2, -0.15) is 0 Å². The average molecular weight is 250 g/mol. The first-order chi connectivity index (χ1) is 8.19. The maximum absolute atomic E-state index is 10.7. The SMILES string of the molecule is CCc1cc(Oc2csc(C(=O)O)c2)ncn1. The van der Waals surface area contributed by atoms with Crippen LogP contribution in [0.4, 0.5) is 0 Å². The van der Waals surface area contributed by atoms with Crippen LogP contribution in [0, 0.1) is 0 Å². The molecule has 6 heteroatoms. The van der Waals surface area contributed by atoms with Gasteiger partial charge in [0.1, 0.15) is 17.0 Å². The molecule has 5 nitrogen and oxygen atoms in total. The molecule has 2 aromatic rings. The summed E-state index contributed by atoms with van der Waals surface area (Å²) in [6, 6.07) is 3.21. The summed E-state index contributed by atoms with van der Waals surface area (Å²) in [5, 5.41) is 10.4. The zero-order chi connectivity index (χ0) is 12.3. The zero-order valence-electron chi connectivity index (χ0n) is 9.08. The van der Waals surface area contributed by atoms with Crippen LogP contribution in [0.3, 0.4) is 0 Å². The van der Waals surface area contributed by atoms with Crippen molar-refractivity contribution in [1.82, 2.24) is 9.97 Å². The van der Waals surface area contributed by atoms with Crippen molar-refractivity contribution >= 4 is 17.3 Å². The van der Waals surface area contributed by atoms with Crippen molar-refractivity contribution in [2.75, 3.05) is 0 Å². The minimum Gasteiger partial charge on any atom is -0.477 e. The van der Waals surface area contributed by atoms with E-state index in [1.54, 1.807) is 11.4 Å². The van der Waals surface area contributed by atoms with E-state index in [-0.39, 0.29) is 4.88 Å². The minimum atomic E-state index is -0.957. The van der Waals surface area contributed by atoms with E-state index in [9.17, 15) is 4.79 Å². The summed E-state index contributed by atoms with van der Waals surface area (Å²) in [5.74, 6) is -0.0541. The molecule has 0 aromatic carbocycles. The van der Waals surface area contributed by atoms with E-state index in [4.69, 9.17) is 9.84 Å². The molecular formula is C11H10N2O3S. The molecule has 0 spiro atoms. The van der Waals surface area contributed by atoms with Crippen molar-refractivity contribution in [1.29, 1.82) is 0 Å². The lowest BCUT2D eigenvalue weighted by atomic mass is 10.3. The topological polar surface area (TPSA) is 72.3 Å². The van der Waals surface area contributed by atoms with Crippen LogP contribution in [0.1, 0.15) is 22.3 Å². The van der Waals surface area contributed by atoms with Crippen LogP contribution in [0.25, 0.3) is 0 Å². The van der Waals surface area contributed by atoms with Gasteiger partial charge in [0.25, 0.3) is 0 Å². The van der Waals surface area contributed by atoms with Gasteiger partial charge in [-0.15, -0.1) is 11.3 Å². The number of carboxylic acids is 1. The maximum Gasteiger partial charge on any atom is 0.346 e. The molecule has 1 N–H and O–H groups in total. The number of thiophene rings is 1. The first-order valence-electron chi connectivity index (χ1n) is 4.99. The third-order valence-electron chi connectivity index (χ3n) is 2.07. The first kappa shape index (κ1) is 11.5. The van der Waals surface area contributed by atoms with Gasteiger partial charge in [0.15, 0.2) is 0 Å². The van der Waals surface area contributed by atoms with Gasteiger partial charge >= 0.3 is 5.97 Å². The van der Waals surface area contributed by atoms with Crippen LogP contribution in [-0.4, -0.2) is 21.0 Å². The fourth-order valence-electron chi connectivity index (χ4n) is 1.23. The van der Waals surface area contributed by atoms with E-state index >= 15 is 0 Å². The molecule has 0 saturated heterocycles. The molecule has 0 atom stereocenters. The summed E-state index contributed by atoms with van der Waals surface area (Å²) in [5.41, 5.74) is 0.878. The van der Waals surface area contributed by atoms with Crippen LogP contribution >= 0.6 is 11.3 Å². The molecule has 0 fully saturated rings.